The number of imidazole rings is 1. The van der Waals surface area contributed by atoms with E-state index in [9.17, 15) is 4.79 Å². The van der Waals surface area contributed by atoms with Gasteiger partial charge in [0.2, 0.25) is 5.88 Å². The van der Waals surface area contributed by atoms with E-state index in [1.807, 2.05) is 42.5 Å². The zero-order valence-electron chi connectivity index (χ0n) is 16.8. The van der Waals surface area contributed by atoms with Gasteiger partial charge in [-0.15, -0.1) is 0 Å². The summed E-state index contributed by atoms with van der Waals surface area (Å²) in [5, 5.41) is 7.85. The van der Waals surface area contributed by atoms with Gasteiger partial charge in [-0.3, -0.25) is 4.57 Å². The number of anilines is 2. The molecule has 2 heterocycles. The zero-order chi connectivity index (χ0) is 21.8. The van der Waals surface area contributed by atoms with E-state index in [2.05, 4.69) is 25.6 Å². The number of nitrogens with one attached hydrogen (secondary N) is 2. The van der Waals surface area contributed by atoms with Crippen LogP contribution in [0.3, 0.4) is 0 Å². The van der Waals surface area contributed by atoms with E-state index in [-0.39, 0.29) is 6.03 Å². The van der Waals surface area contributed by atoms with Crippen LogP contribution in [0.15, 0.2) is 97.8 Å². The highest BCUT2D eigenvalue weighted by Crippen LogP contribution is 2.23. The number of fused-ring (bicyclic) bond motifs is 1. The molecule has 0 radical (unpaired) electrons. The van der Waals surface area contributed by atoms with Crippen LogP contribution in [0, 0.1) is 0 Å². The molecular formula is C24H18N6O2. The van der Waals surface area contributed by atoms with Crippen molar-refractivity contribution in [3.05, 3.63) is 97.8 Å². The largest absolute Gasteiger partial charge is 0.439 e. The number of amides is 2. The first-order valence-corrected chi connectivity index (χ1v) is 9.88. The molecule has 8 nitrogen and oxygen atoms in total. The number of benzene rings is 3. The molecule has 0 saturated heterocycles. The first-order chi connectivity index (χ1) is 15.7. The summed E-state index contributed by atoms with van der Waals surface area (Å²) in [4.78, 5) is 24.7. The van der Waals surface area contributed by atoms with Crippen LogP contribution in [0.25, 0.3) is 16.6 Å². The molecule has 0 unspecified atom stereocenters. The third-order valence-corrected chi connectivity index (χ3v) is 4.74. The van der Waals surface area contributed by atoms with E-state index in [1.54, 1.807) is 53.6 Å². The Hall–Kier alpha value is -4.72. The number of urea groups is 1. The average molecular weight is 422 g/mol. The molecule has 3 aromatic carbocycles. The van der Waals surface area contributed by atoms with Crippen molar-refractivity contribution >= 4 is 28.2 Å². The molecule has 2 amide bonds. The highest BCUT2D eigenvalue weighted by Gasteiger charge is 2.06. The average Bonchev–Trinajstić information content (AvgIpc) is 3.36. The minimum absolute atomic E-state index is 0.324. The lowest BCUT2D eigenvalue weighted by Gasteiger charge is -2.10. The summed E-state index contributed by atoms with van der Waals surface area (Å²) in [6.07, 6.45) is 6.54. The highest BCUT2D eigenvalue weighted by molar-refractivity contribution is 6.01. The van der Waals surface area contributed by atoms with Crippen molar-refractivity contribution in [2.45, 2.75) is 0 Å². The van der Waals surface area contributed by atoms with E-state index < -0.39 is 0 Å². The van der Waals surface area contributed by atoms with E-state index in [4.69, 9.17) is 4.74 Å². The summed E-state index contributed by atoms with van der Waals surface area (Å²) < 4.78 is 7.56. The van der Waals surface area contributed by atoms with E-state index in [0.29, 0.717) is 23.1 Å². The van der Waals surface area contributed by atoms with Gasteiger partial charge >= 0.3 is 6.03 Å². The summed E-state index contributed by atoms with van der Waals surface area (Å²) in [6.45, 7) is 0. The van der Waals surface area contributed by atoms with E-state index in [0.717, 1.165) is 16.5 Å². The van der Waals surface area contributed by atoms with Crippen LogP contribution in [-0.4, -0.2) is 25.6 Å². The molecule has 0 atom stereocenters. The van der Waals surface area contributed by atoms with Gasteiger partial charge in [0, 0.05) is 29.8 Å². The Morgan fingerprint density at radius 2 is 1.62 bits per heavy atom. The Labute approximate surface area is 183 Å². The molecule has 0 aliphatic carbocycles. The van der Waals surface area contributed by atoms with Crippen molar-refractivity contribution in [3.63, 3.8) is 0 Å². The molecule has 2 aromatic heterocycles. The minimum atomic E-state index is -0.324. The number of hydrogen-bond acceptors (Lipinski definition) is 5. The highest BCUT2D eigenvalue weighted by atomic mass is 16.5. The SMILES string of the molecule is O=C(Nc1ccc(Oc2cc(-n3ccnc3)ncn2)cc1)Nc1ccc2ccccc2c1. The summed E-state index contributed by atoms with van der Waals surface area (Å²) in [6, 6.07) is 22.2. The minimum Gasteiger partial charge on any atom is -0.439 e. The van der Waals surface area contributed by atoms with Gasteiger partial charge in [-0.25, -0.2) is 19.7 Å². The summed E-state index contributed by atoms with van der Waals surface area (Å²) in [5.74, 6) is 1.63. The second kappa shape index (κ2) is 8.57. The van der Waals surface area contributed by atoms with Crippen molar-refractivity contribution < 1.29 is 9.53 Å². The maximum absolute atomic E-state index is 12.4. The number of aromatic nitrogens is 4. The van der Waals surface area contributed by atoms with E-state index >= 15 is 0 Å². The molecular weight excluding hydrogens is 404 g/mol. The Morgan fingerprint density at radius 3 is 2.44 bits per heavy atom. The van der Waals surface area contributed by atoms with Crippen molar-refractivity contribution in [1.29, 1.82) is 0 Å². The van der Waals surface area contributed by atoms with Crippen LogP contribution in [0.5, 0.6) is 11.6 Å². The molecule has 0 spiro atoms. The van der Waals surface area contributed by atoms with Gasteiger partial charge in [-0.2, -0.15) is 0 Å². The summed E-state index contributed by atoms with van der Waals surface area (Å²) in [5.41, 5.74) is 1.36. The molecule has 5 rings (SSSR count). The maximum Gasteiger partial charge on any atom is 0.323 e. The second-order valence-corrected chi connectivity index (χ2v) is 6.95. The van der Waals surface area contributed by atoms with Crippen LogP contribution in [0.1, 0.15) is 0 Å². The fourth-order valence-electron chi connectivity index (χ4n) is 3.21. The first kappa shape index (κ1) is 19.3. The van der Waals surface area contributed by atoms with Crippen LogP contribution < -0.4 is 15.4 Å². The molecule has 5 aromatic rings. The van der Waals surface area contributed by atoms with E-state index in [1.165, 1.54) is 6.33 Å². The third-order valence-electron chi connectivity index (χ3n) is 4.74. The normalized spacial score (nSPS) is 10.6. The molecule has 0 fully saturated rings. The fraction of sp³-hybridized carbons (Fsp3) is 0. The maximum atomic E-state index is 12.4. The quantitative estimate of drug-likeness (QED) is 0.403. The van der Waals surface area contributed by atoms with Gasteiger partial charge in [0.25, 0.3) is 0 Å². The van der Waals surface area contributed by atoms with Gasteiger partial charge in [-0.1, -0.05) is 30.3 Å². The Bertz CT molecular complexity index is 1370. The van der Waals surface area contributed by atoms with Gasteiger partial charge in [0.1, 0.15) is 24.2 Å². The van der Waals surface area contributed by atoms with Crippen molar-refractivity contribution in [3.8, 4) is 17.4 Å². The lowest BCUT2D eigenvalue weighted by Crippen LogP contribution is -2.19. The van der Waals surface area contributed by atoms with Crippen molar-refractivity contribution in [2.75, 3.05) is 10.6 Å². The lowest BCUT2D eigenvalue weighted by molar-refractivity contribution is 0.262. The van der Waals surface area contributed by atoms with Crippen LogP contribution >= 0.6 is 0 Å². The zero-order valence-corrected chi connectivity index (χ0v) is 16.8. The molecule has 0 aliphatic heterocycles. The molecule has 8 heteroatoms. The van der Waals surface area contributed by atoms with Gasteiger partial charge < -0.3 is 15.4 Å². The van der Waals surface area contributed by atoms with Crippen LogP contribution in [-0.2, 0) is 0 Å². The van der Waals surface area contributed by atoms with Crippen molar-refractivity contribution in [1.82, 2.24) is 19.5 Å². The molecule has 2 N–H and O–H groups in total. The van der Waals surface area contributed by atoms with Gasteiger partial charge in [-0.05, 0) is 47.2 Å². The van der Waals surface area contributed by atoms with Crippen LogP contribution in [0.2, 0.25) is 0 Å². The Kier molecular flexibility index (Phi) is 5.15. The number of hydrogen-bond donors (Lipinski definition) is 2. The fourth-order valence-corrected chi connectivity index (χ4v) is 3.21. The van der Waals surface area contributed by atoms with Crippen molar-refractivity contribution in [2.24, 2.45) is 0 Å². The number of carbonyl (C=O) groups is 1. The Balaban J connectivity index is 1.22. The number of ether oxygens (including phenoxy) is 1. The first-order valence-electron chi connectivity index (χ1n) is 9.88. The Morgan fingerprint density at radius 1 is 0.844 bits per heavy atom. The number of rotatable bonds is 5. The molecule has 156 valence electrons. The predicted molar refractivity (Wildman–Crippen MR) is 122 cm³/mol. The third kappa shape index (κ3) is 4.39. The monoisotopic (exact) mass is 422 g/mol. The molecule has 0 aliphatic rings. The van der Waals surface area contributed by atoms with Gasteiger partial charge in [0.15, 0.2) is 0 Å². The summed E-state index contributed by atoms with van der Waals surface area (Å²) in [7, 11) is 0. The molecule has 0 saturated carbocycles. The standard InChI is InChI=1S/C24H18N6O2/c31-24(29-20-6-5-17-3-1-2-4-18(17)13-20)28-19-7-9-21(10-8-19)32-23-14-22(26-15-27-23)30-12-11-25-16-30/h1-16H,(H2,28,29,31). The second-order valence-electron chi connectivity index (χ2n) is 6.95. The smallest absolute Gasteiger partial charge is 0.323 e. The van der Waals surface area contributed by atoms with Crippen LogP contribution in [0.4, 0.5) is 16.2 Å². The number of carbonyl (C=O) groups excluding carboxylic acids is 1. The topological polar surface area (TPSA) is 94.0 Å². The van der Waals surface area contributed by atoms with Gasteiger partial charge in [0.05, 0.1) is 0 Å². The summed E-state index contributed by atoms with van der Waals surface area (Å²) >= 11 is 0. The molecule has 0 bridgehead atoms. The lowest BCUT2D eigenvalue weighted by atomic mass is 10.1. The molecule has 32 heavy (non-hydrogen) atoms. The predicted octanol–water partition coefficient (Wildman–Crippen LogP) is 5.25. The number of nitrogens with zero attached hydrogens (tertiary/aromatic N) is 4.